The molecule has 0 aromatic heterocycles. The Labute approximate surface area is 158 Å². The number of rotatable bonds is 8. The highest BCUT2D eigenvalue weighted by molar-refractivity contribution is 6.00. The first-order chi connectivity index (χ1) is 12.3. The molecule has 4 N–H and O–H groups in total. The van der Waals surface area contributed by atoms with Crippen LogP contribution >= 0.6 is 0 Å². The van der Waals surface area contributed by atoms with Crippen molar-refractivity contribution in [3.63, 3.8) is 0 Å². The molecule has 0 aliphatic heterocycles. The summed E-state index contributed by atoms with van der Waals surface area (Å²) in [6.45, 7) is 7.81. The molecule has 1 saturated carbocycles. The summed E-state index contributed by atoms with van der Waals surface area (Å²) in [5.74, 6) is -9.38. The summed E-state index contributed by atoms with van der Waals surface area (Å²) in [5, 5.41) is 39.2. The molecule has 0 radical (unpaired) electrons. The number of carboxylic acid groups (broad SMARTS) is 4. The molecule has 0 heterocycles. The minimum absolute atomic E-state index is 0.0747. The molecule has 0 saturated heterocycles. The van der Waals surface area contributed by atoms with Crippen LogP contribution in [-0.4, -0.2) is 44.3 Å². The first-order valence-electron chi connectivity index (χ1n) is 9.22. The fourth-order valence-corrected chi connectivity index (χ4v) is 5.11. The normalized spacial score (nSPS) is 24.0. The van der Waals surface area contributed by atoms with Gasteiger partial charge < -0.3 is 20.4 Å². The third-order valence-electron chi connectivity index (χ3n) is 6.66. The number of carbonyl (C=O) groups is 4. The maximum atomic E-state index is 12.1. The summed E-state index contributed by atoms with van der Waals surface area (Å²) in [6.07, 6.45) is 0.593. The lowest BCUT2D eigenvalue weighted by atomic mass is 9.53. The predicted octanol–water partition coefficient (Wildman–Crippen LogP) is 2.66. The van der Waals surface area contributed by atoms with E-state index >= 15 is 0 Å². The number of aliphatic carboxylic acids is 4. The average Bonchev–Trinajstić information content (AvgIpc) is 2.48. The zero-order valence-electron chi connectivity index (χ0n) is 16.4. The molecule has 0 amide bonds. The van der Waals surface area contributed by atoms with Crippen LogP contribution in [0.5, 0.6) is 0 Å². The van der Waals surface area contributed by atoms with Crippen molar-refractivity contribution in [2.75, 3.05) is 0 Å². The Bertz CT molecular complexity index is 593. The lowest BCUT2D eigenvalue weighted by Crippen LogP contribution is -2.57. The maximum Gasteiger partial charge on any atom is 0.321 e. The SMILES string of the molecule is CC1CCC(C(C(=O)O)(C(=O)O)C(C)C)CC1C(C(=O)O)(C(=O)O)C(C)C. The topological polar surface area (TPSA) is 149 Å². The Kier molecular flexibility index (Phi) is 6.67. The van der Waals surface area contributed by atoms with Crippen LogP contribution in [0.2, 0.25) is 0 Å². The van der Waals surface area contributed by atoms with Crippen molar-refractivity contribution in [2.24, 2.45) is 40.4 Å². The monoisotopic (exact) mass is 386 g/mol. The predicted molar refractivity (Wildman–Crippen MR) is 95.1 cm³/mol. The Balaban J connectivity index is 3.57. The Morgan fingerprint density at radius 3 is 1.41 bits per heavy atom. The fraction of sp³-hybridized carbons (Fsp3) is 0.789. The Hall–Kier alpha value is -2.12. The molecule has 3 atom stereocenters. The smallest absolute Gasteiger partial charge is 0.321 e. The van der Waals surface area contributed by atoms with Gasteiger partial charge in [0.2, 0.25) is 0 Å². The minimum Gasteiger partial charge on any atom is -0.480 e. The van der Waals surface area contributed by atoms with E-state index in [1.165, 1.54) is 27.7 Å². The van der Waals surface area contributed by atoms with E-state index in [-0.39, 0.29) is 12.3 Å². The fourth-order valence-electron chi connectivity index (χ4n) is 5.11. The van der Waals surface area contributed by atoms with E-state index in [2.05, 4.69) is 0 Å². The molecule has 0 spiro atoms. The molecule has 0 bridgehead atoms. The van der Waals surface area contributed by atoms with Crippen LogP contribution < -0.4 is 0 Å². The van der Waals surface area contributed by atoms with Crippen LogP contribution in [-0.2, 0) is 19.2 Å². The molecule has 1 aliphatic rings. The van der Waals surface area contributed by atoms with E-state index in [1.54, 1.807) is 6.92 Å². The first-order valence-corrected chi connectivity index (χ1v) is 9.22. The van der Waals surface area contributed by atoms with Gasteiger partial charge in [-0.25, -0.2) is 0 Å². The van der Waals surface area contributed by atoms with Gasteiger partial charge in [0.25, 0.3) is 0 Å². The quantitative estimate of drug-likeness (QED) is 0.465. The number of carboxylic acids is 4. The van der Waals surface area contributed by atoms with Gasteiger partial charge in [-0.15, -0.1) is 0 Å². The lowest BCUT2D eigenvalue weighted by molar-refractivity contribution is -0.183. The highest BCUT2D eigenvalue weighted by atomic mass is 16.4. The summed E-state index contributed by atoms with van der Waals surface area (Å²) in [7, 11) is 0. The first kappa shape index (κ1) is 22.9. The molecule has 27 heavy (non-hydrogen) atoms. The molecule has 1 aliphatic carbocycles. The molecule has 0 aromatic carbocycles. The molecule has 154 valence electrons. The van der Waals surface area contributed by atoms with Gasteiger partial charge in [0.1, 0.15) is 0 Å². The lowest BCUT2D eigenvalue weighted by Gasteiger charge is -2.48. The van der Waals surface area contributed by atoms with Crippen molar-refractivity contribution in [1.82, 2.24) is 0 Å². The maximum absolute atomic E-state index is 12.1. The second kappa shape index (κ2) is 7.86. The van der Waals surface area contributed by atoms with Crippen molar-refractivity contribution < 1.29 is 39.6 Å². The van der Waals surface area contributed by atoms with Gasteiger partial charge in [-0.1, -0.05) is 41.0 Å². The Morgan fingerprint density at radius 1 is 0.741 bits per heavy atom. The molecule has 1 fully saturated rings. The van der Waals surface area contributed by atoms with E-state index < -0.39 is 58.4 Å². The summed E-state index contributed by atoms with van der Waals surface area (Å²) in [5.41, 5.74) is -4.18. The molecule has 3 unspecified atom stereocenters. The van der Waals surface area contributed by atoms with Gasteiger partial charge in [-0.05, 0) is 42.4 Å². The number of hydrogen-bond donors (Lipinski definition) is 4. The summed E-state index contributed by atoms with van der Waals surface area (Å²) < 4.78 is 0. The van der Waals surface area contributed by atoms with Gasteiger partial charge in [-0.2, -0.15) is 0 Å². The summed E-state index contributed by atoms with van der Waals surface area (Å²) in [4.78, 5) is 48.2. The van der Waals surface area contributed by atoms with Crippen molar-refractivity contribution in [3.05, 3.63) is 0 Å². The van der Waals surface area contributed by atoms with Gasteiger partial charge >= 0.3 is 23.9 Å². The van der Waals surface area contributed by atoms with E-state index in [0.29, 0.717) is 12.8 Å². The second-order valence-electron chi connectivity index (χ2n) is 8.36. The van der Waals surface area contributed by atoms with Crippen LogP contribution in [0.15, 0.2) is 0 Å². The van der Waals surface area contributed by atoms with E-state index in [1.807, 2.05) is 0 Å². The molecular formula is C19H30O8. The van der Waals surface area contributed by atoms with Crippen LogP contribution in [0, 0.1) is 40.4 Å². The van der Waals surface area contributed by atoms with E-state index in [9.17, 15) is 39.6 Å². The molecule has 8 nitrogen and oxygen atoms in total. The van der Waals surface area contributed by atoms with Crippen molar-refractivity contribution in [3.8, 4) is 0 Å². The van der Waals surface area contributed by atoms with Crippen molar-refractivity contribution in [1.29, 1.82) is 0 Å². The largest absolute Gasteiger partial charge is 0.480 e. The molecule has 8 heteroatoms. The van der Waals surface area contributed by atoms with Gasteiger partial charge in [0.15, 0.2) is 10.8 Å². The van der Waals surface area contributed by atoms with Crippen LogP contribution in [0.4, 0.5) is 0 Å². The zero-order chi connectivity index (χ0) is 21.3. The van der Waals surface area contributed by atoms with Gasteiger partial charge in [0.05, 0.1) is 0 Å². The summed E-state index contributed by atoms with van der Waals surface area (Å²) >= 11 is 0. The van der Waals surface area contributed by atoms with Gasteiger partial charge in [-0.3, -0.25) is 19.2 Å². The van der Waals surface area contributed by atoms with Crippen LogP contribution in [0.1, 0.15) is 53.9 Å². The second-order valence-corrected chi connectivity index (χ2v) is 8.36. The third-order valence-corrected chi connectivity index (χ3v) is 6.66. The average molecular weight is 386 g/mol. The Morgan fingerprint density at radius 2 is 1.11 bits per heavy atom. The molecule has 1 rings (SSSR count). The van der Waals surface area contributed by atoms with Crippen LogP contribution in [0.25, 0.3) is 0 Å². The van der Waals surface area contributed by atoms with Crippen LogP contribution in [0.3, 0.4) is 0 Å². The third kappa shape index (κ3) is 3.30. The number of hydrogen-bond acceptors (Lipinski definition) is 4. The van der Waals surface area contributed by atoms with E-state index in [4.69, 9.17) is 0 Å². The highest BCUT2D eigenvalue weighted by Crippen LogP contribution is 2.54. The standard InChI is InChI=1S/C19H30O8/c1-9(2)18(14(20)21,15(22)23)12-7-6-11(5)13(8-12)19(10(3)4,16(24)25)17(26)27/h9-13H,6-8H2,1-5H3,(H,20,21)(H,22,23)(H,24,25)(H,26,27). The zero-order valence-corrected chi connectivity index (χ0v) is 16.4. The van der Waals surface area contributed by atoms with Crippen molar-refractivity contribution >= 4 is 23.9 Å². The summed E-state index contributed by atoms with van der Waals surface area (Å²) in [6, 6.07) is 0. The van der Waals surface area contributed by atoms with E-state index in [0.717, 1.165) is 0 Å². The van der Waals surface area contributed by atoms with Crippen molar-refractivity contribution in [2.45, 2.75) is 53.9 Å². The van der Waals surface area contributed by atoms with Gasteiger partial charge in [0, 0.05) is 0 Å². The molecule has 0 aromatic rings. The molecular weight excluding hydrogens is 356 g/mol. The minimum atomic E-state index is -2.10. The highest BCUT2D eigenvalue weighted by Gasteiger charge is 2.62.